The molecule has 6 heterocycles. The number of benzene rings is 4. The number of phenolic OH excluding ortho intramolecular Hbond substituents is 2. The lowest BCUT2D eigenvalue weighted by atomic mass is 9.61. The maximum absolute atomic E-state index is 14.0. The number of likely N-dealkylation sites (tertiary alicyclic amines) is 1. The summed E-state index contributed by atoms with van der Waals surface area (Å²) in [6.07, 6.45) is 7.92. The first-order chi connectivity index (χ1) is 32.0. The summed E-state index contributed by atoms with van der Waals surface area (Å²) >= 11 is 3.23. The van der Waals surface area contributed by atoms with Crippen molar-refractivity contribution in [3.8, 4) is 38.4 Å². The molecule has 0 radical (unpaired) electrons. The van der Waals surface area contributed by atoms with E-state index in [1.165, 1.54) is 40.2 Å². The number of fused-ring (bicyclic) bond motifs is 4. The van der Waals surface area contributed by atoms with Gasteiger partial charge in [0, 0.05) is 55.6 Å². The topological polar surface area (TPSA) is 148 Å². The van der Waals surface area contributed by atoms with Gasteiger partial charge in [-0.15, -0.1) is 32.9 Å². The summed E-state index contributed by atoms with van der Waals surface area (Å²) in [5, 5.41) is 30.6. The molecule has 4 aromatic carbocycles. The number of oxazole rings is 1. The van der Waals surface area contributed by atoms with Gasteiger partial charge in [-0.1, -0.05) is 0 Å². The van der Waals surface area contributed by atoms with E-state index >= 15 is 0 Å². The van der Waals surface area contributed by atoms with Crippen LogP contribution in [0.3, 0.4) is 0 Å². The first-order valence-corrected chi connectivity index (χ1v) is 23.9. The van der Waals surface area contributed by atoms with E-state index in [9.17, 15) is 15.0 Å². The molecule has 66 heavy (non-hydrogen) atoms. The molecule has 2 N–H and O–H groups in total. The third-order valence-corrected chi connectivity index (χ3v) is 15.5. The lowest BCUT2D eigenvalue weighted by Crippen LogP contribution is -2.51. The van der Waals surface area contributed by atoms with Crippen LogP contribution in [0.1, 0.15) is 80.7 Å². The van der Waals surface area contributed by atoms with Crippen molar-refractivity contribution in [2.24, 2.45) is 10.4 Å². The van der Waals surface area contributed by atoms with Crippen molar-refractivity contribution in [1.82, 2.24) is 24.6 Å². The molecular weight excluding hydrogens is 869 g/mol. The smallest absolute Gasteiger partial charge is 0.195 e. The average Bonchev–Trinajstić information content (AvgIpc) is 4.08. The molecule has 1 spiro atoms. The van der Waals surface area contributed by atoms with Gasteiger partial charge in [0.1, 0.15) is 53.2 Å². The number of carbonyl (C=O) groups excluding carboxylic acids is 1. The minimum absolute atomic E-state index is 0.100. The SMILES string of the molecule is Cc1ncco1.Cc1sc2c(c1C)C(c1ccc(OC3CC4(CCN(CCOc5ccc(C(=O)c6c(-c7ccc(O)cc7)sc7cc(O)ccc67)cc5)CC4)C3)cc1)=NCc1nnc(C)n1-2. The zero-order valence-corrected chi connectivity index (χ0v) is 38.9. The van der Waals surface area contributed by atoms with E-state index in [1.807, 2.05) is 31.2 Å². The van der Waals surface area contributed by atoms with Gasteiger partial charge in [0.25, 0.3) is 0 Å². The van der Waals surface area contributed by atoms with Gasteiger partial charge < -0.3 is 24.1 Å². The number of carbonyl (C=O) groups is 1. The normalized spacial score (nSPS) is 15.5. The minimum Gasteiger partial charge on any atom is -0.508 e. The van der Waals surface area contributed by atoms with Crippen LogP contribution in [0.15, 0.2) is 113 Å². The Hall–Kier alpha value is -6.61. The Labute approximate surface area is 390 Å². The highest BCUT2D eigenvalue weighted by Crippen LogP contribution is 2.50. The van der Waals surface area contributed by atoms with E-state index in [-0.39, 0.29) is 23.4 Å². The van der Waals surface area contributed by atoms with Crippen LogP contribution in [0.4, 0.5) is 0 Å². The monoisotopic (exact) mass is 918 g/mol. The lowest BCUT2D eigenvalue weighted by Gasteiger charge is -2.51. The number of aryl methyl sites for hydroxylation is 3. The van der Waals surface area contributed by atoms with E-state index in [0.29, 0.717) is 29.7 Å². The number of piperidine rings is 1. The summed E-state index contributed by atoms with van der Waals surface area (Å²) in [4.78, 5) is 27.3. The first kappa shape index (κ1) is 43.3. The van der Waals surface area contributed by atoms with Crippen LogP contribution in [0, 0.1) is 33.1 Å². The number of aliphatic imine (C=N–C) groups is 1. The Morgan fingerprint density at radius 3 is 2.26 bits per heavy atom. The zero-order valence-electron chi connectivity index (χ0n) is 37.3. The predicted molar refractivity (Wildman–Crippen MR) is 258 cm³/mol. The van der Waals surface area contributed by atoms with Gasteiger partial charge in [-0.25, -0.2) is 4.98 Å². The summed E-state index contributed by atoms with van der Waals surface area (Å²) in [5.41, 5.74) is 6.85. The Morgan fingerprint density at radius 2 is 1.56 bits per heavy atom. The maximum Gasteiger partial charge on any atom is 0.195 e. The highest BCUT2D eigenvalue weighted by Gasteiger charge is 2.47. The van der Waals surface area contributed by atoms with Crippen molar-refractivity contribution in [3.05, 3.63) is 154 Å². The fraction of sp³-hybridized carbons (Fsp3) is 0.288. The van der Waals surface area contributed by atoms with Crippen LogP contribution in [-0.4, -0.2) is 78.7 Å². The van der Waals surface area contributed by atoms with E-state index in [2.05, 4.69) is 62.8 Å². The van der Waals surface area contributed by atoms with Crippen molar-refractivity contribution in [2.75, 3.05) is 26.2 Å². The number of thiophene rings is 2. The molecule has 2 fully saturated rings. The molecule has 336 valence electrons. The van der Waals surface area contributed by atoms with Crippen LogP contribution in [0.2, 0.25) is 0 Å². The van der Waals surface area contributed by atoms with Crippen LogP contribution in [-0.2, 0) is 6.54 Å². The largest absolute Gasteiger partial charge is 0.508 e. The Bertz CT molecular complexity index is 3040. The molecule has 2 aliphatic heterocycles. The Balaban J connectivity index is 0.000000791. The van der Waals surface area contributed by atoms with Gasteiger partial charge in [0.05, 0.1) is 18.0 Å². The summed E-state index contributed by atoms with van der Waals surface area (Å²) < 4.78 is 20.4. The van der Waals surface area contributed by atoms with E-state index in [1.54, 1.807) is 73.2 Å². The van der Waals surface area contributed by atoms with Crippen molar-refractivity contribution in [1.29, 1.82) is 0 Å². The molecule has 12 nitrogen and oxygen atoms in total. The Kier molecular flexibility index (Phi) is 11.8. The third-order valence-electron chi connectivity index (χ3n) is 13.1. The second-order valence-corrected chi connectivity index (χ2v) is 19.7. The second kappa shape index (κ2) is 18.0. The quantitative estimate of drug-likeness (QED) is 0.127. The van der Waals surface area contributed by atoms with Gasteiger partial charge in [-0.05, 0) is 167 Å². The summed E-state index contributed by atoms with van der Waals surface area (Å²) in [7, 11) is 0. The molecular formula is C52H50N6O6S2. The van der Waals surface area contributed by atoms with E-state index < -0.39 is 0 Å². The number of rotatable bonds is 10. The van der Waals surface area contributed by atoms with Crippen LogP contribution < -0.4 is 9.47 Å². The molecule has 1 aliphatic carbocycles. The number of hydrogen-bond acceptors (Lipinski definition) is 13. The van der Waals surface area contributed by atoms with Gasteiger partial charge in [0.15, 0.2) is 17.5 Å². The molecule has 4 aromatic heterocycles. The number of hydrogen-bond donors (Lipinski definition) is 2. The Morgan fingerprint density at radius 1 is 0.848 bits per heavy atom. The molecule has 1 saturated carbocycles. The summed E-state index contributed by atoms with van der Waals surface area (Å²) in [5.74, 6) is 4.33. The minimum atomic E-state index is -0.100. The highest BCUT2D eigenvalue weighted by molar-refractivity contribution is 7.22. The molecule has 1 saturated heterocycles. The summed E-state index contributed by atoms with van der Waals surface area (Å²) in [6.45, 7) is 12.2. The predicted octanol–water partition coefficient (Wildman–Crippen LogP) is 10.8. The van der Waals surface area contributed by atoms with E-state index in [4.69, 9.17) is 18.9 Å². The molecule has 11 rings (SSSR count). The first-order valence-electron chi connectivity index (χ1n) is 22.2. The highest BCUT2D eigenvalue weighted by atomic mass is 32.1. The van der Waals surface area contributed by atoms with Gasteiger partial charge in [0.2, 0.25) is 0 Å². The number of nitrogens with zero attached hydrogens (tertiary/aromatic N) is 6. The number of aromatic nitrogens is 4. The molecule has 14 heteroatoms. The van der Waals surface area contributed by atoms with Gasteiger partial charge >= 0.3 is 0 Å². The van der Waals surface area contributed by atoms with Gasteiger partial charge in [-0.3, -0.25) is 19.3 Å². The standard InChI is InChI=1S/C48H45N5O5S2.C4H5NO/c1-28-29(2)59-47-42(28)44(49-27-41-51-50-30(3)53(41)47)31-6-15-37(16-7-31)58-38-25-48(26-38)18-20-52(21-19-48)22-23-57-36-13-8-32(9-14-36)45(56)43-39-17-12-35(55)24-40(39)60-46(43)33-4-10-34(54)11-5-33;1-4-5-2-3-6-4/h4-17,24,38,54-55H,18-23,25-27H2,1-3H3;2-3H,1H3. The fourth-order valence-electron chi connectivity index (χ4n) is 9.38. The van der Waals surface area contributed by atoms with Crippen molar-refractivity contribution in [2.45, 2.75) is 66.0 Å². The third kappa shape index (κ3) is 8.63. The second-order valence-electron chi connectivity index (χ2n) is 17.4. The molecule has 0 amide bonds. The van der Waals surface area contributed by atoms with Crippen LogP contribution in [0.5, 0.6) is 23.0 Å². The fourth-order valence-corrected chi connectivity index (χ4v) is 11.8. The number of ketones is 1. The van der Waals surface area contributed by atoms with Crippen molar-refractivity contribution < 1.29 is 28.9 Å². The maximum atomic E-state index is 14.0. The lowest BCUT2D eigenvalue weighted by molar-refractivity contribution is -0.0562. The molecule has 0 atom stereocenters. The van der Waals surface area contributed by atoms with Crippen molar-refractivity contribution >= 4 is 44.3 Å². The molecule has 0 unspecified atom stereocenters. The van der Waals surface area contributed by atoms with Crippen LogP contribution in [0.25, 0.3) is 25.5 Å². The molecule has 3 aliphatic rings. The van der Waals surface area contributed by atoms with Crippen LogP contribution >= 0.6 is 22.7 Å². The molecule has 0 bridgehead atoms. The zero-order chi connectivity index (χ0) is 45.5. The van der Waals surface area contributed by atoms with Crippen molar-refractivity contribution in [3.63, 3.8) is 0 Å². The van der Waals surface area contributed by atoms with Gasteiger partial charge in [-0.2, -0.15) is 0 Å². The number of aromatic hydroxyl groups is 2. The summed E-state index contributed by atoms with van der Waals surface area (Å²) in [6, 6.07) is 27.8. The average molecular weight is 919 g/mol. The van der Waals surface area contributed by atoms with E-state index in [0.717, 1.165) is 98.3 Å². The number of phenols is 2. The number of ether oxygens (including phenoxy) is 2. The molecule has 8 aromatic rings.